The van der Waals surface area contributed by atoms with Crippen molar-refractivity contribution in [2.75, 3.05) is 12.0 Å². The van der Waals surface area contributed by atoms with Gasteiger partial charge in [-0.3, -0.25) is 15.0 Å². The molecule has 0 spiro atoms. The number of hydrogen-bond donors (Lipinski definition) is 1. The lowest BCUT2D eigenvalue weighted by atomic mass is 10.1. The van der Waals surface area contributed by atoms with Gasteiger partial charge in [0, 0.05) is 11.6 Å². The molecule has 1 amide bonds. The molecule has 0 saturated carbocycles. The molecule has 25 heavy (non-hydrogen) atoms. The minimum absolute atomic E-state index is 0.231. The Bertz CT molecular complexity index is 890. The molecule has 0 aromatic heterocycles. The molecule has 1 fully saturated rings. The van der Waals surface area contributed by atoms with Crippen molar-refractivity contribution in [3.8, 4) is 5.75 Å². The van der Waals surface area contributed by atoms with Gasteiger partial charge in [0.05, 0.1) is 17.8 Å². The van der Waals surface area contributed by atoms with E-state index >= 15 is 0 Å². The molecule has 1 aliphatic heterocycles. The number of nitrogens with zero attached hydrogens (tertiary/aromatic N) is 1. The van der Waals surface area contributed by atoms with Gasteiger partial charge >= 0.3 is 11.9 Å². The van der Waals surface area contributed by atoms with E-state index in [4.69, 9.17) is 26.5 Å². The van der Waals surface area contributed by atoms with Crippen LogP contribution in [0.5, 0.6) is 5.75 Å². The fourth-order valence-corrected chi connectivity index (χ4v) is 2.52. The first-order chi connectivity index (χ1) is 12.0. The molecule has 0 unspecified atom stereocenters. The van der Waals surface area contributed by atoms with Crippen molar-refractivity contribution in [3.05, 3.63) is 71.0 Å². The number of carbonyl (C=O) groups is 2. The van der Waals surface area contributed by atoms with Crippen LogP contribution in [0.2, 0.25) is 5.02 Å². The standard InChI is InChI=1S/C18H13ClN2O4/c1-24-12-8-6-11(7-9-12)15(22)10-16-17(23)21(18(20)25-16)14-5-3-2-4-13(14)19/h2-10,20H,1H3/b16-10+,20-18?. The number of methoxy groups -OCH3 is 1. The third-order valence-corrected chi connectivity index (χ3v) is 3.87. The van der Waals surface area contributed by atoms with Gasteiger partial charge in [0.1, 0.15) is 5.75 Å². The summed E-state index contributed by atoms with van der Waals surface area (Å²) in [5.74, 6) is -0.658. The Labute approximate surface area is 148 Å². The maximum Gasteiger partial charge on any atom is 0.302 e. The van der Waals surface area contributed by atoms with Crippen LogP contribution < -0.4 is 9.64 Å². The minimum Gasteiger partial charge on any atom is -0.497 e. The van der Waals surface area contributed by atoms with Crippen molar-refractivity contribution in [3.63, 3.8) is 0 Å². The molecular weight excluding hydrogens is 344 g/mol. The number of rotatable bonds is 4. The van der Waals surface area contributed by atoms with Crippen molar-refractivity contribution in [1.82, 2.24) is 0 Å². The van der Waals surface area contributed by atoms with Gasteiger partial charge in [-0.15, -0.1) is 0 Å². The Morgan fingerprint density at radius 2 is 1.88 bits per heavy atom. The number of halogens is 1. The first-order valence-electron chi connectivity index (χ1n) is 7.26. The molecule has 7 heteroatoms. The molecular formula is C18H13ClN2O4. The summed E-state index contributed by atoms with van der Waals surface area (Å²) in [5, 5.41) is 8.16. The summed E-state index contributed by atoms with van der Waals surface area (Å²) < 4.78 is 10.2. The number of benzene rings is 2. The van der Waals surface area contributed by atoms with Gasteiger partial charge in [0.25, 0.3) is 0 Å². The molecule has 1 heterocycles. The normalized spacial score (nSPS) is 15.4. The number of allylic oxidation sites excluding steroid dienone is 1. The van der Waals surface area contributed by atoms with E-state index in [9.17, 15) is 9.59 Å². The maximum atomic E-state index is 12.5. The van der Waals surface area contributed by atoms with E-state index in [1.54, 1.807) is 48.5 Å². The SMILES string of the molecule is COc1ccc(C(=O)/C=C2/OC(=N)N(c3ccccc3Cl)C2=O)cc1. The van der Waals surface area contributed by atoms with Crippen LogP contribution in [0.3, 0.4) is 0 Å². The van der Waals surface area contributed by atoms with Crippen molar-refractivity contribution in [2.45, 2.75) is 0 Å². The van der Waals surface area contributed by atoms with Gasteiger partial charge in [0.2, 0.25) is 5.76 Å². The van der Waals surface area contributed by atoms with E-state index in [-0.39, 0.29) is 5.76 Å². The van der Waals surface area contributed by atoms with Crippen molar-refractivity contribution in [2.24, 2.45) is 0 Å². The van der Waals surface area contributed by atoms with Gasteiger partial charge in [0.15, 0.2) is 5.78 Å². The number of amidine groups is 1. The van der Waals surface area contributed by atoms with Gasteiger partial charge in [-0.2, -0.15) is 0 Å². The predicted molar refractivity (Wildman–Crippen MR) is 93.2 cm³/mol. The average molecular weight is 357 g/mol. The molecule has 6 nitrogen and oxygen atoms in total. The quantitative estimate of drug-likeness (QED) is 0.672. The smallest absolute Gasteiger partial charge is 0.302 e. The Morgan fingerprint density at radius 1 is 1.20 bits per heavy atom. The second-order valence-corrected chi connectivity index (χ2v) is 5.51. The summed E-state index contributed by atoms with van der Waals surface area (Å²) in [7, 11) is 1.53. The molecule has 1 saturated heterocycles. The van der Waals surface area contributed by atoms with Gasteiger partial charge in [-0.05, 0) is 36.4 Å². The highest BCUT2D eigenvalue weighted by molar-refractivity contribution is 6.36. The summed E-state index contributed by atoms with van der Waals surface area (Å²) in [5.41, 5.74) is 0.687. The lowest BCUT2D eigenvalue weighted by molar-refractivity contribution is -0.114. The fraction of sp³-hybridized carbons (Fsp3) is 0.0556. The number of ketones is 1. The van der Waals surface area contributed by atoms with E-state index in [1.165, 1.54) is 7.11 Å². The zero-order chi connectivity index (χ0) is 18.0. The van der Waals surface area contributed by atoms with Crippen molar-refractivity contribution < 1.29 is 19.1 Å². The molecule has 2 aromatic carbocycles. The predicted octanol–water partition coefficient (Wildman–Crippen LogP) is 3.41. The zero-order valence-corrected chi connectivity index (χ0v) is 13.9. The Kier molecular flexibility index (Phi) is 4.54. The highest BCUT2D eigenvalue weighted by Gasteiger charge is 2.36. The molecule has 0 aliphatic carbocycles. The molecule has 0 bridgehead atoms. The minimum atomic E-state index is -0.625. The molecule has 126 valence electrons. The highest BCUT2D eigenvalue weighted by Crippen LogP contribution is 2.30. The third-order valence-electron chi connectivity index (χ3n) is 3.55. The molecule has 0 atom stereocenters. The Balaban J connectivity index is 1.87. The summed E-state index contributed by atoms with van der Waals surface area (Å²) >= 11 is 6.07. The number of amides is 1. The lowest BCUT2D eigenvalue weighted by Crippen LogP contribution is -2.29. The lowest BCUT2D eigenvalue weighted by Gasteiger charge is -2.13. The average Bonchev–Trinajstić information content (AvgIpc) is 2.89. The monoisotopic (exact) mass is 356 g/mol. The molecule has 0 radical (unpaired) electrons. The number of ether oxygens (including phenoxy) is 2. The number of anilines is 1. The van der Waals surface area contributed by atoms with E-state index < -0.39 is 17.7 Å². The van der Waals surface area contributed by atoms with E-state index in [1.807, 2.05) is 0 Å². The van der Waals surface area contributed by atoms with Crippen LogP contribution in [-0.4, -0.2) is 24.8 Å². The number of nitrogens with one attached hydrogen (secondary N) is 1. The summed E-state index contributed by atoms with van der Waals surface area (Å²) in [6.07, 6.45) is 1.07. The maximum absolute atomic E-state index is 12.5. The van der Waals surface area contributed by atoms with Crippen LogP contribution in [0.15, 0.2) is 60.4 Å². The third kappa shape index (κ3) is 3.25. The van der Waals surface area contributed by atoms with Gasteiger partial charge in [-0.1, -0.05) is 23.7 Å². The first kappa shape index (κ1) is 16.7. The van der Waals surface area contributed by atoms with Crippen LogP contribution in [0.4, 0.5) is 5.69 Å². The number of carbonyl (C=O) groups excluding carboxylic acids is 2. The first-order valence-corrected chi connectivity index (χ1v) is 7.64. The second-order valence-electron chi connectivity index (χ2n) is 5.10. The van der Waals surface area contributed by atoms with Crippen LogP contribution in [0.1, 0.15) is 10.4 Å². The van der Waals surface area contributed by atoms with Crippen LogP contribution in [-0.2, 0) is 9.53 Å². The Morgan fingerprint density at radius 3 is 2.52 bits per heavy atom. The molecule has 1 aliphatic rings. The molecule has 2 aromatic rings. The molecule has 3 rings (SSSR count). The Hall–Kier alpha value is -3.12. The van der Waals surface area contributed by atoms with Crippen LogP contribution in [0.25, 0.3) is 0 Å². The fourth-order valence-electron chi connectivity index (χ4n) is 2.30. The topological polar surface area (TPSA) is 79.7 Å². The summed E-state index contributed by atoms with van der Waals surface area (Å²) in [6, 6.07) is 12.6. The van der Waals surface area contributed by atoms with E-state index in [0.29, 0.717) is 22.0 Å². The van der Waals surface area contributed by atoms with Crippen LogP contribution >= 0.6 is 11.6 Å². The summed E-state index contributed by atoms with van der Waals surface area (Å²) in [4.78, 5) is 25.8. The zero-order valence-electron chi connectivity index (χ0n) is 13.2. The van der Waals surface area contributed by atoms with Crippen LogP contribution in [0, 0.1) is 5.41 Å². The van der Waals surface area contributed by atoms with E-state index in [0.717, 1.165) is 11.0 Å². The summed E-state index contributed by atoms with van der Waals surface area (Å²) in [6.45, 7) is 0. The van der Waals surface area contributed by atoms with Crippen molar-refractivity contribution >= 4 is 35.0 Å². The van der Waals surface area contributed by atoms with E-state index in [2.05, 4.69) is 0 Å². The molecule has 1 N–H and O–H groups in total. The largest absolute Gasteiger partial charge is 0.497 e. The van der Waals surface area contributed by atoms with Gasteiger partial charge in [-0.25, -0.2) is 4.90 Å². The highest BCUT2D eigenvalue weighted by atomic mass is 35.5. The van der Waals surface area contributed by atoms with Gasteiger partial charge < -0.3 is 9.47 Å². The number of para-hydroxylation sites is 1. The number of hydrogen-bond acceptors (Lipinski definition) is 5. The van der Waals surface area contributed by atoms with Crippen molar-refractivity contribution in [1.29, 1.82) is 5.41 Å². The second kappa shape index (κ2) is 6.78.